The second kappa shape index (κ2) is 15.8. The lowest BCUT2D eigenvalue weighted by molar-refractivity contribution is 0.669. The lowest BCUT2D eigenvalue weighted by Gasteiger charge is -2.34. The highest BCUT2D eigenvalue weighted by molar-refractivity contribution is 6.06. The third-order valence-electron chi connectivity index (χ3n) is 13.9. The lowest BCUT2D eigenvalue weighted by atomic mass is 9.67. The molecule has 0 N–H and O–H groups in total. The minimum Gasteiger partial charge on any atom is -0.456 e. The van der Waals surface area contributed by atoms with Gasteiger partial charge in [-0.05, 0) is 138 Å². The van der Waals surface area contributed by atoms with Gasteiger partial charge in [-0.1, -0.05) is 194 Å². The van der Waals surface area contributed by atoms with Gasteiger partial charge in [-0.3, -0.25) is 0 Å². The van der Waals surface area contributed by atoms with Crippen LogP contribution in [-0.2, 0) is 5.41 Å². The van der Waals surface area contributed by atoms with Crippen LogP contribution in [0, 0.1) is 0 Å². The van der Waals surface area contributed by atoms with Gasteiger partial charge in [0.15, 0.2) is 0 Å². The largest absolute Gasteiger partial charge is 0.456 e. The predicted molar refractivity (Wildman–Crippen MR) is 280 cm³/mol. The second-order valence-electron chi connectivity index (χ2n) is 17.6. The van der Waals surface area contributed by atoms with Gasteiger partial charge in [0.1, 0.15) is 11.2 Å². The summed E-state index contributed by atoms with van der Waals surface area (Å²) in [4.78, 5) is 2.33. The maximum atomic E-state index is 6.45. The van der Waals surface area contributed by atoms with Crippen molar-refractivity contribution in [1.29, 1.82) is 0 Å². The van der Waals surface area contributed by atoms with Crippen molar-refractivity contribution in [1.82, 2.24) is 0 Å². The molecule has 67 heavy (non-hydrogen) atoms. The number of furan rings is 1. The molecule has 0 unspecified atom stereocenters. The maximum absolute atomic E-state index is 6.45. The van der Waals surface area contributed by atoms with Crippen LogP contribution in [0.1, 0.15) is 22.3 Å². The molecular formula is C65H43NO. The van der Waals surface area contributed by atoms with Crippen LogP contribution in [0.4, 0.5) is 17.1 Å². The van der Waals surface area contributed by atoms with Gasteiger partial charge in [-0.15, -0.1) is 0 Å². The fraction of sp³-hybridized carbons (Fsp3) is 0.0154. The molecule has 0 fully saturated rings. The average molecular weight is 854 g/mol. The Labute approximate surface area is 390 Å². The number of para-hydroxylation sites is 1. The van der Waals surface area contributed by atoms with Gasteiger partial charge >= 0.3 is 0 Å². The zero-order valence-electron chi connectivity index (χ0n) is 36.7. The highest BCUT2D eigenvalue weighted by Gasteiger charge is 2.46. The standard InChI is InChI=1S/C65H43NO/c1-3-18-52(19-4-1)65(53-20-5-2-6-21-53)61-24-11-9-22-57(61)58-38-32-51(42-62(58)65)46-30-35-55(36-31-46)66(56-37-39-60-59-23-10-12-25-63(59)67-64(60)43-56)54-33-28-45(29-34-54)48-16-13-17-49(40-48)50-27-26-44-14-7-8-15-47(44)41-50/h1-43H. The molecule has 314 valence electrons. The maximum Gasteiger partial charge on any atom is 0.137 e. The molecule has 12 aromatic rings. The van der Waals surface area contributed by atoms with E-state index in [1.54, 1.807) is 0 Å². The van der Waals surface area contributed by atoms with Crippen LogP contribution in [-0.4, -0.2) is 0 Å². The van der Waals surface area contributed by atoms with Gasteiger partial charge in [-0.25, -0.2) is 0 Å². The van der Waals surface area contributed by atoms with Crippen molar-refractivity contribution in [3.05, 3.63) is 283 Å². The van der Waals surface area contributed by atoms with Gasteiger partial charge in [0, 0.05) is 33.9 Å². The number of anilines is 3. The van der Waals surface area contributed by atoms with Gasteiger partial charge in [-0.2, -0.15) is 0 Å². The molecule has 0 spiro atoms. The third kappa shape index (κ3) is 6.41. The summed E-state index contributed by atoms with van der Waals surface area (Å²) in [5.41, 5.74) is 19.2. The Bertz CT molecular complexity index is 3750. The summed E-state index contributed by atoms with van der Waals surface area (Å²) < 4.78 is 6.45. The molecule has 0 saturated heterocycles. The Morgan fingerprint density at radius 1 is 0.284 bits per heavy atom. The molecule has 1 aromatic heterocycles. The summed E-state index contributed by atoms with van der Waals surface area (Å²) in [6.07, 6.45) is 0. The van der Waals surface area contributed by atoms with Crippen LogP contribution < -0.4 is 4.90 Å². The molecule has 0 radical (unpaired) electrons. The summed E-state index contributed by atoms with van der Waals surface area (Å²) in [5.74, 6) is 0. The van der Waals surface area contributed by atoms with E-state index in [0.717, 1.165) is 50.1 Å². The van der Waals surface area contributed by atoms with Crippen LogP contribution in [0.15, 0.2) is 265 Å². The van der Waals surface area contributed by atoms with Gasteiger partial charge in [0.25, 0.3) is 0 Å². The molecule has 13 rings (SSSR count). The van der Waals surface area contributed by atoms with Crippen molar-refractivity contribution in [2.24, 2.45) is 0 Å². The molecule has 1 aliphatic carbocycles. The quantitative estimate of drug-likeness (QED) is 0.151. The lowest BCUT2D eigenvalue weighted by Crippen LogP contribution is -2.28. The van der Waals surface area contributed by atoms with Crippen LogP contribution in [0.3, 0.4) is 0 Å². The smallest absolute Gasteiger partial charge is 0.137 e. The number of nitrogens with zero attached hydrogens (tertiary/aromatic N) is 1. The van der Waals surface area contributed by atoms with E-state index >= 15 is 0 Å². The Hall–Kier alpha value is -8.72. The first-order valence-corrected chi connectivity index (χ1v) is 23.1. The van der Waals surface area contributed by atoms with Crippen molar-refractivity contribution in [2.45, 2.75) is 5.41 Å². The zero-order valence-corrected chi connectivity index (χ0v) is 36.7. The minimum absolute atomic E-state index is 0.458. The fourth-order valence-corrected chi connectivity index (χ4v) is 10.8. The van der Waals surface area contributed by atoms with Crippen molar-refractivity contribution >= 4 is 49.8 Å². The molecule has 0 amide bonds. The van der Waals surface area contributed by atoms with E-state index in [1.807, 2.05) is 12.1 Å². The monoisotopic (exact) mass is 853 g/mol. The first-order valence-electron chi connectivity index (χ1n) is 23.1. The van der Waals surface area contributed by atoms with Crippen molar-refractivity contribution in [3.63, 3.8) is 0 Å². The van der Waals surface area contributed by atoms with Crippen LogP contribution >= 0.6 is 0 Å². The van der Waals surface area contributed by atoms with E-state index in [9.17, 15) is 0 Å². The topological polar surface area (TPSA) is 16.4 Å². The summed E-state index contributed by atoms with van der Waals surface area (Å²) in [5, 5.41) is 4.73. The Balaban J connectivity index is 0.898. The molecule has 0 saturated carbocycles. The summed E-state index contributed by atoms with van der Waals surface area (Å²) in [6.45, 7) is 0. The number of hydrogen-bond acceptors (Lipinski definition) is 2. The first kappa shape index (κ1) is 38.7. The number of rotatable bonds is 8. The number of benzene rings is 11. The first-order chi connectivity index (χ1) is 33.2. The van der Waals surface area contributed by atoms with E-state index < -0.39 is 5.41 Å². The Morgan fingerprint density at radius 2 is 0.806 bits per heavy atom. The van der Waals surface area contributed by atoms with Crippen LogP contribution in [0.25, 0.3) is 77.2 Å². The summed E-state index contributed by atoms with van der Waals surface area (Å²) >= 11 is 0. The summed E-state index contributed by atoms with van der Waals surface area (Å²) in [6, 6.07) is 95.0. The predicted octanol–water partition coefficient (Wildman–Crippen LogP) is 17.6. The second-order valence-corrected chi connectivity index (χ2v) is 17.6. The van der Waals surface area contributed by atoms with Crippen molar-refractivity contribution in [2.75, 3.05) is 4.90 Å². The molecular weight excluding hydrogens is 811 g/mol. The van der Waals surface area contributed by atoms with E-state index in [0.29, 0.717) is 0 Å². The Kier molecular flexibility index (Phi) is 9.11. The average Bonchev–Trinajstić information content (AvgIpc) is 3.93. The molecule has 0 bridgehead atoms. The van der Waals surface area contributed by atoms with Gasteiger partial charge < -0.3 is 9.32 Å². The molecule has 0 atom stereocenters. The van der Waals surface area contributed by atoms with E-state index in [2.05, 4.69) is 254 Å². The highest BCUT2D eigenvalue weighted by Crippen LogP contribution is 2.56. The van der Waals surface area contributed by atoms with Crippen LogP contribution in [0.2, 0.25) is 0 Å². The number of hydrogen-bond donors (Lipinski definition) is 0. The molecule has 1 heterocycles. The van der Waals surface area contributed by atoms with Gasteiger partial charge in [0.2, 0.25) is 0 Å². The minimum atomic E-state index is -0.458. The molecule has 1 aliphatic rings. The molecule has 0 aliphatic heterocycles. The molecule has 2 nitrogen and oxygen atoms in total. The highest BCUT2D eigenvalue weighted by atomic mass is 16.3. The Morgan fingerprint density at radius 3 is 1.54 bits per heavy atom. The van der Waals surface area contributed by atoms with E-state index in [4.69, 9.17) is 4.42 Å². The fourth-order valence-electron chi connectivity index (χ4n) is 10.8. The zero-order chi connectivity index (χ0) is 44.3. The third-order valence-corrected chi connectivity index (χ3v) is 13.9. The summed E-state index contributed by atoms with van der Waals surface area (Å²) in [7, 11) is 0. The molecule has 11 aromatic carbocycles. The number of fused-ring (bicyclic) bond motifs is 7. The van der Waals surface area contributed by atoms with Crippen molar-refractivity contribution < 1.29 is 4.42 Å². The van der Waals surface area contributed by atoms with E-state index in [-0.39, 0.29) is 0 Å². The van der Waals surface area contributed by atoms with Crippen LogP contribution in [0.5, 0.6) is 0 Å². The molecule has 2 heteroatoms. The normalized spacial score (nSPS) is 12.6. The SMILES string of the molecule is c1ccc(C2(c3ccccc3)c3ccccc3-c3ccc(-c4ccc(N(c5ccc(-c6cccc(-c7ccc8ccccc8c7)c6)cc5)c5ccc6c(c5)oc5ccccc56)cc4)cc32)cc1. The van der Waals surface area contributed by atoms with Crippen molar-refractivity contribution in [3.8, 4) is 44.5 Å². The van der Waals surface area contributed by atoms with E-state index in [1.165, 1.54) is 66.4 Å². The van der Waals surface area contributed by atoms with Gasteiger partial charge in [0.05, 0.1) is 5.41 Å².